The molecule has 2 N–H and O–H groups in total. The van der Waals surface area contributed by atoms with E-state index in [1.165, 1.54) is 24.3 Å². The van der Waals surface area contributed by atoms with Crippen molar-refractivity contribution in [3.05, 3.63) is 65.7 Å². The number of piperidine rings is 1. The van der Waals surface area contributed by atoms with E-state index in [1.54, 1.807) is 19.1 Å². The topological polar surface area (TPSA) is 64.7 Å². The summed E-state index contributed by atoms with van der Waals surface area (Å²) >= 11 is 0. The van der Waals surface area contributed by atoms with Crippen LogP contribution in [0.5, 0.6) is 0 Å². The van der Waals surface area contributed by atoms with Gasteiger partial charge in [-0.15, -0.1) is 0 Å². The first-order valence-corrected chi connectivity index (χ1v) is 13.3. The number of hydrogen-bond donors (Lipinski definition) is 2. The first-order chi connectivity index (χ1) is 17.8. The predicted octanol–water partition coefficient (Wildman–Crippen LogP) is 5.06. The molecule has 1 saturated carbocycles. The summed E-state index contributed by atoms with van der Waals surface area (Å²) in [5, 5.41) is 5.97. The molecule has 3 amide bonds. The minimum atomic E-state index is -0.349. The van der Waals surface area contributed by atoms with Crippen molar-refractivity contribution in [2.75, 3.05) is 32.0 Å². The zero-order valence-electron chi connectivity index (χ0n) is 21.8. The number of likely N-dealkylation sites (tertiary alicyclic amines) is 1. The van der Waals surface area contributed by atoms with Gasteiger partial charge in [0, 0.05) is 44.8 Å². The van der Waals surface area contributed by atoms with Crippen LogP contribution in [0, 0.1) is 23.5 Å². The van der Waals surface area contributed by atoms with Crippen molar-refractivity contribution < 1.29 is 18.4 Å². The predicted molar refractivity (Wildman–Crippen MR) is 141 cm³/mol. The van der Waals surface area contributed by atoms with Gasteiger partial charge in [-0.2, -0.15) is 0 Å². The van der Waals surface area contributed by atoms with Gasteiger partial charge in [0.15, 0.2) is 0 Å². The number of carbonyl (C=O) groups is 2. The standard InChI is InChI=1S/C29H38F2N4O2/c1-20(36)34(2)27-13-14-28(33-29(37)32-26-11-9-25(31)10-12-26)23(17-27)19-35-15-3-4-22(18-35)16-21-5-7-24(30)8-6-21/h5-12,22-23,27-28H,3-4,13-19H2,1-2H3,(H2,32,33,37)/t22-,23-,27+,28?/m0/s1. The van der Waals surface area contributed by atoms with Crippen LogP contribution in [0.1, 0.15) is 44.6 Å². The number of carbonyl (C=O) groups excluding carboxylic acids is 2. The highest BCUT2D eigenvalue weighted by atomic mass is 19.1. The lowest BCUT2D eigenvalue weighted by atomic mass is 9.80. The number of amides is 3. The van der Waals surface area contributed by atoms with E-state index < -0.39 is 0 Å². The fraction of sp³-hybridized carbons (Fsp3) is 0.517. The molecule has 0 aromatic heterocycles. The van der Waals surface area contributed by atoms with Crippen LogP contribution in [-0.4, -0.2) is 60.5 Å². The summed E-state index contributed by atoms with van der Waals surface area (Å²) in [6.45, 7) is 4.43. The van der Waals surface area contributed by atoms with Gasteiger partial charge >= 0.3 is 6.03 Å². The van der Waals surface area contributed by atoms with Gasteiger partial charge in [0.2, 0.25) is 5.91 Å². The highest BCUT2D eigenvalue weighted by Crippen LogP contribution is 2.31. The zero-order chi connectivity index (χ0) is 26.4. The number of halogens is 2. The Morgan fingerprint density at radius 3 is 2.35 bits per heavy atom. The van der Waals surface area contributed by atoms with Crippen molar-refractivity contribution in [2.24, 2.45) is 11.8 Å². The van der Waals surface area contributed by atoms with Crippen molar-refractivity contribution in [3.63, 3.8) is 0 Å². The average Bonchev–Trinajstić information content (AvgIpc) is 2.87. The van der Waals surface area contributed by atoms with Crippen LogP contribution in [0.2, 0.25) is 0 Å². The van der Waals surface area contributed by atoms with Gasteiger partial charge in [-0.05, 0) is 98.9 Å². The smallest absolute Gasteiger partial charge is 0.319 e. The third kappa shape index (κ3) is 7.74. The third-order valence-corrected chi connectivity index (χ3v) is 7.95. The molecule has 0 radical (unpaired) electrons. The first kappa shape index (κ1) is 27.0. The second kappa shape index (κ2) is 12.5. The van der Waals surface area contributed by atoms with Crippen LogP contribution in [0.25, 0.3) is 0 Å². The van der Waals surface area contributed by atoms with Gasteiger partial charge < -0.3 is 20.4 Å². The highest BCUT2D eigenvalue weighted by molar-refractivity contribution is 5.89. The molecule has 4 atom stereocenters. The van der Waals surface area contributed by atoms with E-state index in [4.69, 9.17) is 0 Å². The Morgan fingerprint density at radius 1 is 1.00 bits per heavy atom. The zero-order valence-corrected chi connectivity index (χ0v) is 21.8. The van der Waals surface area contributed by atoms with Gasteiger partial charge in [-0.1, -0.05) is 12.1 Å². The van der Waals surface area contributed by atoms with Gasteiger partial charge in [0.05, 0.1) is 0 Å². The Labute approximate surface area is 218 Å². The van der Waals surface area contributed by atoms with E-state index in [-0.39, 0.29) is 41.6 Å². The molecule has 1 aliphatic heterocycles. The van der Waals surface area contributed by atoms with Crippen molar-refractivity contribution in [3.8, 4) is 0 Å². The molecule has 4 rings (SSSR count). The maximum Gasteiger partial charge on any atom is 0.319 e. The van der Waals surface area contributed by atoms with E-state index in [1.807, 2.05) is 24.1 Å². The van der Waals surface area contributed by atoms with E-state index >= 15 is 0 Å². The molecule has 1 aliphatic carbocycles. The summed E-state index contributed by atoms with van der Waals surface area (Å²) in [5.74, 6) is 0.203. The fourth-order valence-corrected chi connectivity index (χ4v) is 5.88. The highest BCUT2D eigenvalue weighted by Gasteiger charge is 2.35. The lowest BCUT2D eigenvalue weighted by Gasteiger charge is -2.43. The molecular formula is C29H38F2N4O2. The van der Waals surface area contributed by atoms with Crippen LogP contribution >= 0.6 is 0 Å². The lowest BCUT2D eigenvalue weighted by molar-refractivity contribution is -0.130. The summed E-state index contributed by atoms with van der Waals surface area (Å²) < 4.78 is 26.5. The Bertz CT molecular complexity index is 1050. The minimum absolute atomic E-state index is 0.0190. The number of rotatable bonds is 7. The summed E-state index contributed by atoms with van der Waals surface area (Å²) in [7, 11) is 1.86. The third-order valence-electron chi connectivity index (χ3n) is 7.95. The summed E-state index contributed by atoms with van der Waals surface area (Å²) in [4.78, 5) is 29.2. The molecule has 37 heavy (non-hydrogen) atoms. The van der Waals surface area contributed by atoms with Gasteiger partial charge in [0.25, 0.3) is 0 Å². The van der Waals surface area contributed by atoms with Crippen LogP contribution in [0.15, 0.2) is 48.5 Å². The SMILES string of the molecule is CC(=O)N(C)[C@@H]1CCC(NC(=O)Nc2ccc(F)cc2)[C@H](CN2CCC[C@@H](Cc3ccc(F)cc3)C2)C1. The summed E-state index contributed by atoms with van der Waals surface area (Å²) in [5.41, 5.74) is 1.70. The fourth-order valence-electron chi connectivity index (χ4n) is 5.88. The maximum atomic E-state index is 13.3. The van der Waals surface area contributed by atoms with E-state index in [9.17, 15) is 18.4 Å². The van der Waals surface area contributed by atoms with Crippen LogP contribution in [0.3, 0.4) is 0 Å². The Balaban J connectivity index is 1.39. The number of urea groups is 1. The Kier molecular flexibility index (Phi) is 9.14. The molecule has 0 spiro atoms. The molecule has 2 aliphatic rings. The Hall–Kier alpha value is -3.00. The molecule has 2 aromatic carbocycles. The number of hydrogen-bond acceptors (Lipinski definition) is 3. The van der Waals surface area contributed by atoms with E-state index in [0.717, 1.165) is 63.7 Å². The number of anilines is 1. The van der Waals surface area contributed by atoms with Crippen molar-refractivity contribution in [1.29, 1.82) is 0 Å². The number of benzene rings is 2. The van der Waals surface area contributed by atoms with Gasteiger partial charge in [-0.25, -0.2) is 13.6 Å². The average molecular weight is 513 g/mol. The summed E-state index contributed by atoms with van der Waals surface area (Å²) in [6, 6.07) is 12.4. The lowest BCUT2D eigenvalue weighted by Crippen LogP contribution is -2.53. The van der Waals surface area contributed by atoms with Crippen LogP contribution in [-0.2, 0) is 11.2 Å². The van der Waals surface area contributed by atoms with Gasteiger partial charge in [0.1, 0.15) is 11.6 Å². The molecular weight excluding hydrogens is 474 g/mol. The van der Waals surface area contributed by atoms with E-state index in [2.05, 4.69) is 15.5 Å². The Morgan fingerprint density at radius 2 is 1.68 bits per heavy atom. The van der Waals surface area contributed by atoms with Crippen molar-refractivity contribution >= 4 is 17.6 Å². The first-order valence-electron chi connectivity index (χ1n) is 13.3. The van der Waals surface area contributed by atoms with Crippen molar-refractivity contribution in [2.45, 2.75) is 57.5 Å². The second-order valence-electron chi connectivity index (χ2n) is 10.7. The van der Waals surface area contributed by atoms with E-state index in [0.29, 0.717) is 11.6 Å². The summed E-state index contributed by atoms with van der Waals surface area (Å²) in [6.07, 6.45) is 5.64. The number of nitrogens with zero attached hydrogens (tertiary/aromatic N) is 2. The molecule has 2 fully saturated rings. The molecule has 1 heterocycles. The normalized spacial score (nSPS) is 24.3. The minimum Gasteiger partial charge on any atom is -0.343 e. The second-order valence-corrected chi connectivity index (χ2v) is 10.7. The molecule has 2 aromatic rings. The maximum absolute atomic E-state index is 13.3. The molecule has 8 heteroatoms. The molecule has 200 valence electrons. The van der Waals surface area contributed by atoms with Gasteiger partial charge in [-0.3, -0.25) is 4.79 Å². The largest absolute Gasteiger partial charge is 0.343 e. The molecule has 1 unspecified atom stereocenters. The van der Waals surface area contributed by atoms with Crippen LogP contribution in [0.4, 0.5) is 19.3 Å². The van der Waals surface area contributed by atoms with Crippen LogP contribution < -0.4 is 10.6 Å². The molecule has 0 bridgehead atoms. The molecule has 1 saturated heterocycles. The molecule has 6 nitrogen and oxygen atoms in total. The van der Waals surface area contributed by atoms with Crippen molar-refractivity contribution in [1.82, 2.24) is 15.1 Å². The quantitative estimate of drug-likeness (QED) is 0.545. The number of nitrogens with one attached hydrogen (secondary N) is 2. The monoisotopic (exact) mass is 512 g/mol.